The molecule has 0 bridgehead atoms. The maximum atomic E-state index is 12.5. The van der Waals surface area contributed by atoms with Crippen molar-refractivity contribution in [2.75, 3.05) is 12.4 Å². The summed E-state index contributed by atoms with van der Waals surface area (Å²) in [5.41, 5.74) is 0.445. The first-order chi connectivity index (χ1) is 13.9. The Hall–Kier alpha value is -2.85. The molecular formula is C19H20N4O4S2. The molecule has 3 aromatic heterocycles. The zero-order valence-electron chi connectivity index (χ0n) is 16.2. The van der Waals surface area contributed by atoms with Crippen molar-refractivity contribution in [1.82, 2.24) is 14.8 Å². The molecule has 8 nitrogen and oxygen atoms in total. The Bertz CT molecular complexity index is 1070. The number of rotatable bonds is 7. The summed E-state index contributed by atoms with van der Waals surface area (Å²) in [6.45, 7) is 3.79. The maximum absolute atomic E-state index is 12.5. The summed E-state index contributed by atoms with van der Waals surface area (Å²) < 4.78 is 5.88. The number of hydrogen-bond acceptors (Lipinski definition) is 8. The van der Waals surface area contributed by atoms with E-state index in [1.807, 2.05) is 31.4 Å². The van der Waals surface area contributed by atoms with Crippen molar-refractivity contribution in [2.24, 2.45) is 5.92 Å². The third-order valence-corrected chi connectivity index (χ3v) is 5.74. The van der Waals surface area contributed by atoms with Crippen molar-refractivity contribution in [1.29, 1.82) is 0 Å². The van der Waals surface area contributed by atoms with Crippen LogP contribution >= 0.6 is 22.7 Å². The molecule has 0 atom stereocenters. The molecule has 0 aliphatic rings. The molecule has 3 heterocycles. The van der Waals surface area contributed by atoms with E-state index >= 15 is 0 Å². The van der Waals surface area contributed by atoms with E-state index in [2.05, 4.69) is 15.4 Å². The zero-order valence-corrected chi connectivity index (χ0v) is 17.8. The lowest BCUT2D eigenvalue weighted by Gasteiger charge is -2.06. The van der Waals surface area contributed by atoms with Crippen LogP contribution in [0.2, 0.25) is 0 Å². The van der Waals surface area contributed by atoms with Gasteiger partial charge in [0.25, 0.3) is 5.56 Å². The Balaban J connectivity index is 1.77. The standard InChI is InChI=1S/C19H20N4O4S2/c1-11(2)9-14-17(18(26)27-3)21-19(29-14)20-15(24)10-23-16(25)7-6-12(22-23)13-5-4-8-28-13/h4-8,11H,9-10H2,1-3H3,(H,20,21,24). The second kappa shape index (κ2) is 9.10. The predicted octanol–water partition coefficient (Wildman–Crippen LogP) is 3.05. The minimum atomic E-state index is -0.543. The largest absolute Gasteiger partial charge is 0.464 e. The Morgan fingerprint density at radius 1 is 1.28 bits per heavy atom. The molecule has 0 unspecified atom stereocenters. The van der Waals surface area contributed by atoms with Crippen LogP contribution in [0.3, 0.4) is 0 Å². The van der Waals surface area contributed by atoms with Crippen molar-refractivity contribution in [2.45, 2.75) is 26.8 Å². The highest BCUT2D eigenvalue weighted by molar-refractivity contribution is 7.16. The number of ether oxygens (including phenoxy) is 1. The normalized spacial score (nSPS) is 10.9. The van der Waals surface area contributed by atoms with Gasteiger partial charge in [0, 0.05) is 10.9 Å². The molecule has 0 saturated heterocycles. The predicted molar refractivity (Wildman–Crippen MR) is 112 cm³/mol. The quantitative estimate of drug-likeness (QED) is 0.576. The van der Waals surface area contributed by atoms with Crippen LogP contribution in [0.15, 0.2) is 34.4 Å². The number of nitrogens with one attached hydrogen (secondary N) is 1. The number of carbonyl (C=O) groups is 2. The lowest BCUT2D eigenvalue weighted by molar-refractivity contribution is -0.117. The minimum Gasteiger partial charge on any atom is -0.464 e. The number of hydrogen-bond donors (Lipinski definition) is 1. The number of amides is 1. The van der Waals surface area contributed by atoms with Crippen LogP contribution in [-0.4, -0.2) is 33.8 Å². The number of methoxy groups -OCH3 is 1. The summed E-state index contributed by atoms with van der Waals surface area (Å²) in [5.74, 6) is -0.687. The molecule has 0 aliphatic heterocycles. The highest BCUT2D eigenvalue weighted by atomic mass is 32.1. The molecule has 1 N–H and O–H groups in total. The van der Waals surface area contributed by atoms with E-state index in [1.54, 1.807) is 6.07 Å². The molecule has 29 heavy (non-hydrogen) atoms. The van der Waals surface area contributed by atoms with Crippen molar-refractivity contribution in [3.63, 3.8) is 0 Å². The summed E-state index contributed by atoms with van der Waals surface area (Å²) in [7, 11) is 1.29. The number of aromatic nitrogens is 3. The number of carbonyl (C=O) groups excluding carboxylic acids is 2. The summed E-state index contributed by atoms with van der Waals surface area (Å²) in [4.78, 5) is 42.4. The number of thiazole rings is 1. The van der Waals surface area contributed by atoms with Gasteiger partial charge in [0.1, 0.15) is 12.2 Å². The van der Waals surface area contributed by atoms with E-state index in [0.717, 1.165) is 14.4 Å². The Morgan fingerprint density at radius 2 is 2.07 bits per heavy atom. The van der Waals surface area contributed by atoms with E-state index in [9.17, 15) is 14.4 Å². The summed E-state index contributed by atoms with van der Waals surface area (Å²) in [5, 5.41) is 9.11. The van der Waals surface area contributed by atoms with Crippen LogP contribution in [0.4, 0.5) is 5.13 Å². The van der Waals surface area contributed by atoms with E-state index in [-0.39, 0.29) is 22.9 Å². The van der Waals surface area contributed by atoms with Gasteiger partial charge < -0.3 is 10.1 Å². The average Bonchev–Trinajstić information content (AvgIpc) is 3.33. The van der Waals surface area contributed by atoms with Crippen molar-refractivity contribution >= 4 is 39.7 Å². The first kappa shape index (κ1) is 20.9. The highest BCUT2D eigenvalue weighted by Crippen LogP contribution is 2.26. The number of nitrogens with zero attached hydrogens (tertiary/aromatic N) is 3. The lowest BCUT2D eigenvalue weighted by atomic mass is 10.1. The van der Waals surface area contributed by atoms with Gasteiger partial charge in [0.05, 0.1) is 12.0 Å². The van der Waals surface area contributed by atoms with Gasteiger partial charge >= 0.3 is 5.97 Å². The molecule has 0 spiro atoms. The molecule has 0 aliphatic carbocycles. The molecule has 0 saturated carbocycles. The second-order valence-electron chi connectivity index (χ2n) is 6.62. The smallest absolute Gasteiger partial charge is 0.357 e. The first-order valence-corrected chi connectivity index (χ1v) is 10.6. The van der Waals surface area contributed by atoms with Gasteiger partial charge in [0.15, 0.2) is 10.8 Å². The van der Waals surface area contributed by atoms with Gasteiger partial charge in [-0.25, -0.2) is 14.5 Å². The summed E-state index contributed by atoms with van der Waals surface area (Å²) >= 11 is 2.72. The molecular weight excluding hydrogens is 412 g/mol. The number of esters is 1. The van der Waals surface area contributed by atoms with E-state index in [4.69, 9.17) is 4.74 Å². The van der Waals surface area contributed by atoms with Crippen LogP contribution in [0.25, 0.3) is 10.6 Å². The van der Waals surface area contributed by atoms with Crippen LogP contribution in [0.1, 0.15) is 29.2 Å². The van der Waals surface area contributed by atoms with E-state index < -0.39 is 11.9 Å². The minimum absolute atomic E-state index is 0.205. The fraction of sp³-hybridized carbons (Fsp3) is 0.316. The van der Waals surface area contributed by atoms with Crippen molar-refractivity contribution in [3.8, 4) is 10.6 Å². The van der Waals surface area contributed by atoms with Gasteiger partial charge in [-0.05, 0) is 29.9 Å². The van der Waals surface area contributed by atoms with Crippen LogP contribution in [0.5, 0.6) is 0 Å². The Kier molecular flexibility index (Phi) is 6.55. The molecule has 3 rings (SSSR count). The van der Waals surface area contributed by atoms with Gasteiger partial charge in [-0.15, -0.1) is 22.7 Å². The monoisotopic (exact) mass is 432 g/mol. The zero-order chi connectivity index (χ0) is 21.0. The van der Waals surface area contributed by atoms with Crippen LogP contribution in [-0.2, 0) is 22.5 Å². The summed E-state index contributed by atoms with van der Waals surface area (Å²) in [6, 6.07) is 6.79. The van der Waals surface area contributed by atoms with Gasteiger partial charge in [-0.2, -0.15) is 5.10 Å². The third-order valence-electron chi connectivity index (χ3n) is 3.85. The van der Waals surface area contributed by atoms with Crippen LogP contribution in [0, 0.1) is 5.92 Å². The van der Waals surface area contributed by atoms with Gasteiger partial charge in [-0.3, -0.25) is 9.59 Å². The van der Waals surface area contributed by atoms with Crippen LogP contribution < -0.4 is 10.9 Å². The van der Waals surface area contributed by atoms with E-state index in [1.165, 1.54) is 35.8 Å². The fourth-order valence-electron chi connectivity index (χ4n) is 2.58. The molecule has 152 valence electrons. The third kappa shape index (κ3) is 5.15. The average molecular weight is 433 g/mol. The molecule has 3 aromatic rings. The lowest BCUT2D eigenvalue weighted by Crippen LogP contribution is -2.29. The van der Waals surface area contributed by atoms with Gasteiger partial charge in [-0.1, -0.05) is 19.9 Å². The SMILES string of the molecule is COC(=O)c1nc(NC(=O)Cn2nc(-c3cccs3)ccc2=O)sc1CC(C)C. The van der Waals surface area contributed by atoms with Gasteiger partial charge in [0.2, 0.25) is 5.91 Å². The maximum Gasteiger partial charge on any atom is 0.357 e. The Labute approximate surface area is 175 Å². The molecule has 0 aromatic carbocycles. The van der Waals surface area contributed by atoms with Crippen molar-refractivity contribution in [3.05, 3.63) is 50.6 Å². The van der Waals surface area contributed by atoms with Crippen molar-refractivity contribution < 1.29 is 14.3 Å². The molecule has 10 heteroatoms. The summed E-state index contributed by atoms with van der Waals surface area (Å²) in [6.07, 6.45) is 0.641. The van der Waals surface area contributed by atoms with E-state index in [0.29, 0.717) is 18.0 Å². The topological polar surface area (TPSA) is 103 Å². The number of thiophene rings is 1. The first-order valence-electron chi connectivity index (χ1n) is 8.87. The Morgan fingerprint density at radius 3 is 2.72 bits per heavy atom. The molecule has 1 amide bonds. The fourth-order valence-corrected chi connectivity index (χ4v) is 4.45. The number of anilines is 1. The molecule has 0 fully saturated rings. The second-order valence-corrected chi connectivity index (χ2v) is 8.65. The molecule has 0 radical (unpaired) electrons. The highest BCUT2D eigenvalue weighted by Gasteiger charge is 2.21.